The summed E-state index contributed by atoms with van der Waals surface area (Å²) < 4.78 is 1.88. The number of benzene rings is 1. The van der Waals surface area contributed by atoms with E-state index in [1.54, 1.807) is 6.20 Å². The van der Waals surface area contributed by atoms with Crippen LogP contribution in [0.3, 0.4) is 0 Å². The van der Waals surface area contributed by atoms with E-state index in [9.17, 15) is 0 Å². The van der Waals surface area contributed by atoms with Crippen LogP contribution in [0.25, 0.3) is 27.8 Å². The number of H-pyrrole nitrogens is 1. The van der Waals surface area contributed by atoms with Gasteiger partial charge in [0.05, 0.1) is 16.9 Å². The fourth-order valence-corrected chi connectivity index (χ4v) is 4.27. The molecule has 7 nitrogen and oxygen atoms in total. The lowest BCUT2D eigenvalue weighted by molar-refractivity contribution is 0.370. The molecule has 0 aliphatic carbocycles. The summed E-state index contributed by atoms with van der Waals surface area (Å²) >= 11 is 0. The van der Waals surface area contributed by atoms with E-state index >= 15 is 0 Å². The molecule has 0 radical (unpaired) electrons. The number of aromatic nitrogens is 5. The first kappa shape index (κ1) is 17.9. The summed E-state index contributed by atoms with van der Waals surface area (Å²) in [6.07, 6.45) is 7.94. The zero-order chi connectivity index (χ0) is 19.8. The highest BCUT2D eigenvalue weighted by Gasteiger charge is 2.23. The molecule has 2 atom stereocenters. The van der Waals surface area contributed by atoms with Crippen LogP contribution in [0.1, 0.15) is 19.8 Å². The molecule has 4 heterocycles. The number of nitrogens with zero attached hydrogens (tertiary/aromatic N) is 5. The van der Waals surface area contributed by atoms with Gasteiger partial charge in [0.1, 0.15) is 0 Å². The van der Waals surface area contributed by atoms with E-state index in [-0.39, 0.29) is 0 Å². The van der Waals surface area contributed by atoms with Crippen LogP contribution < -0.4 is 10.2 Å². The van der Waals surface area contributed by atoms with Crippen molar-refractivity contribution in [2.45, 2.75) is 31.8 Å². The van der Waals surface area contributed by atoms with Crippen LogP contribution in [-0.2, 0) is 0 Å². The second kappa shape index (κ2) is 7.33. The molecule has 0 spiro atoms. The zero-order valence-electron chi connectivity index (χ0n) is 16.7. The molecule has 2 unspecified atom stereocenters. The molecule has 4 aromatic rings. The SMILES string of the molecule is CC1CC(N(C)c2ccc(-c3ccc(-n4cccn4)c4cc[nH]c34)nn2)CCN1. The number of fused-ring (bicyclic) bond motifs is 1. The van der Waals surface area contributed by atoms with Crippen molar-refractivity contribution >= 4 is 16.7 Å². The molecule has 5 rings (SSSR count). The van der Waals surface area contributed by atoms with E-state index in [1.165, 1.54) is 0 Å². The molecule has 1 aliphatic heterocycles. The summed E-state index contributed by atoms with van der Waals surface area (Å²) in [5.74, 6) is 0.920. The first-order valence-corrected chi connectivity index (χ1v) is 10.1. The van der Waals surface area contributed by atoms with Crippen LogP contribution in [0.15, 0.2) is 55.0 Å². The molecular weight excluding hydrogens is 362 g/mol. The van der Waals surface area contributed by atoms with Gasteiger partial charge in [-0.05, 0) is 62.7 Å². The molecule has 1 saturated heterocycles. The standard InChI is InChI=1S/C22H25N7/c1-15-14-16(8-11-23-15)28(2)21-7-5-19(26-27-21)17-4-6-20(29-13-3-10-25-29)18-9-12-24-22(17)18/h3-7,9-10,12-13,15-16,23-24H,8,11,14H2,1-2H3. The number of anilines is 1. The van der Waals surface area contributed by atoms with Crippen molar-refractivity contribution in [1.82, 2.24) is 30.3 Å². The summed E-state index contributed by atoms with van der Waals surface area (Å²) in [7, 11) is 2.12. The van der Waals surface area contributed by atoms with Gasteiger partial charge in [-0.15, -0.1) is 10.2 Å². The molecule has 1 aromatic carbocycles. The first-order chi connectivity index (χ1) is 14.2. The molecule has 3 aromatic heterocycles. The number of hydrogen-bond donors (Lipinski definition) is 2. The lowest BCUT2D eigenvalue weighted by Gasteiger charge is -2.35. The third kappa shape index (κ3) is 3.27. The van der Waals surface area contributed by atoms with Gasteiger partial charge in [0.15, 0.2) is 5.82 Å². The Kier molecular flexibility index (Phi) is 4.52. The smallest absolute Gasteiger partial charge is 0.151 e. The highest BCUT2D eigenvalue weighted by Crippen LogP contribution is 2.31. The molecule has 0 bridgehead atoms. The van der Waals surface area contributed by atoms with Gasteiger partial charge in [-0.2, -0.15) is 5.10 Å². The van der Waals surface area contributed by atoms with Crippen molar-refractivity contribution < 1.29 is 0 Å². The van der Waals surface area contributed by atoms with Gasteiger partial charge < -0.3 is 15.2 Å². The van der Waals surface area contributed by atoms with E-state index in [4.69, 9.17) is 0 Å². The maximum atomic E-state index is 4.56. The second-order valence-electron chi connectivity index (χ2n) is 7.77. The highest BCUT2D eigenvalue weighted by atomic mass is 15.3. The zero-order valence-corrected chi connectivity index (χ0v) is 16.7. The fourth-order valence-electron chi connectivity index (χ4n) is 4.27. The molecule has 29 heavy (non-hydrogen) atoms. The molecule has 1 fully saturated rings. The Hall–Kier alpha value is -3.19. The molecule has 1 aliphatic rings. The molecule has 2 N–H and O–H groups in total. The maximum absolute atomic E-state index is 4.56. The fraction of sp³-hybridized carbons (Fsp3) is 0.318. The summed E-state index contributed by atoms with van der Waals surface area (Å²) in [5.41, 5.74) is 3.98. The summed E-state index contributed by atoms with van der Waals surface area (Å²) in [6.45, 7) is 3.29. The van der Waals surface area contributed by atoms with Gasteiger partial charge in [-0.1, -0.05) is 0 Å². The Labute approximate surface area is 169 Å². The number of rotatable bonds is 4. The molecule has 148 valence electrons. The molecule has 7 heteroatoms. The highest BCUT2D eigenvalue weighted by molar-refractivity contribution is 5.98. The number of piperidine rings is 1. The van der Waals surface area contributed by atoms with Crippen molar-refractivity contribution in [1.29, 1.82) is 0 Å². The minimum Gasteiger partial charge on any atom is -0.361 e. The van der Waals surface area contributed by atoms with Gasteiger partial charge in [-0.3, -0.25) is 0 Å². The minimum absolute atomic E-state index is 0.495. The van der Waals surface area contributed by atoms with Crippen molar-refractivity contribution in [2.75, 3.05) is 18.5 Å². The van der Waals surface area contributed by atoms with Crippen molar-refractivity contribution in [3.05, 3.63) is 55.0 Å². The summed E-state index contributed by atoms with van der Waals surface area (Å²) in [6, 6.07) is 13.3. The van der Waals surface area contributed by atoms with Crippen LogP contribution in [0.4, 0.5) is 5.82 Å². The quantitative estimate of drug-likeness (QED) is 0.561. The monoisotopic (exact) mass is 387 g/mol. The predicted molar refractivity (Wildman–Crippen MR) is 115 cm³/mol. The van der Waals surface area contributed by atoms with E-state index in [0.29, 0.717) is 12.1 Å². The largest absolute Gasteiger partial charge is 0.361 e. The number of aromatic amines is 1. The Bertz CT molecular complexity index is 1100. The lowest BCUT2D eigenvalue weighted by atomic mass is 9.99. The Balaban J connectivity index is 1.45. The van der Waals surface area contributed by atoms with Crippen LogP contribution in [0.2, 0.25) is 0 Å². The lowest BCUT2D eigenvalue weighted by Crippen LogP contribution is -2.45. The van der Waals surface area contributed by atoms with Gasteiger partial charge >= 0.3 is 0 Å². The van der Waals surface area contributed by atoms with Crippen LogP contribution in [0.5, 0.6) is 0 Å². The van der Waals surface area contributed by atoms with Crippen molar-refractivity contribution in [3.8, 4) is 16.9 Å². The third-order valence-corrected chi connectivity index (χ3v) is 5.88. The first-order valence-electron chi connectivity index (χ1n) is 10.1. The van der Waals surface area contributed by atoms with Gasteiger partial charge in [0.2, 0.25) is 0 Å². The average Bonchev–Trinajstić information content (AvgIpc) is 3.45. The Morgan fingerprint density at radius 1 is 1.14 bits per heavy atom. The van der Waals surface area contributed by atoms with E-state index in [0.717, 1.165) is 53.1 Å². The van der Waals surface area contributed by atoms with Crippen LogP contribution >= 0.6 is 0 Å². The Morgan fingerprint density at radius 2 is 2.07 bits per heavy atom. The van der Waals surface area contributed by atoms with Crippen molar-refractivity contribution in [2.24, 2.45) is 0 Å². The second-order valence-corrected chi connectivity index (χ2v) is 7.77. The van der Waals surface area contributed by atoms with Crippen LogP contribution in [-0.4, -0.2) is 50.6 Å². The number of nitrogens with one attached hydrogen (secondary N) is 2. The maximum Gasteiger partial charge on any atom is 0.151 e. The minimum atomic E-state index is 0.495. The summed E-state index contributed by atoms with van der Waals surface area (Å²) in [5, 5.41) is 18.1. The topological polar surface area (TPSA) is 74.7 Å². The van der Waals surface area contributed by atoms with Gasteiger partial charge in [0, 0.05) is 48.7 Å². The third-order valence-electron chi connectivity index (χ3n) is 5.88. The van der Waals surface area contributed by atoms with Crippen LogP contribution in [0, 0.1) is 0 Å². The van der Waals surface area contributed by atoms with E-state index in [1.807, 2.05) is 23.1 Å². The van der Waals surface area contributed by atoms with Gasteiger partial charge in [-0.25, -0.2) is 4.68 Å². The predicted octanol–water partition coefficient (Wildman–Crippen LogP) is 3.39. The Morgan fingerprint density at radius 3 is 2.83 bits per heavy atom. The van der Waals surface area contributed by atoms with E-state index in [2.05, 4.69) is 74.8 Å². The molecule has 0 saturated carbocycles. The van der Waals surface area contributed by atoms with Crippen molar-refractivity contribution in [3.63, 3.8) is 0 Å². The molecule has 0 amide bonds. The number of hydrogen-bond acceptors (Lipinski definition) is 5. The average molecular weight is 387 g/mol. The molecular formula is C22H25N7. The van der Waals surface area contributed by atoms with E-state index < -0.39 is 0 Å². The normalized spacial score (nSPS) is 19.5. The summed E-state index contributed by atoms with van der Waals surface area (Å²) in [4.78, 5) is 5.62. The van der Waals surface area contributed by atoms with Gasteiger partial charge in [0.25, 0.3) is 0 Å².